The average Bonchev–Trinajstić information content (AvgIpc) is 3.06. The van der Waals surface area contributed by atoms with Crippen LogP contribution < -0.4 is 0 Å². The quantitative estimate of drug-likeness (QED) is 0.312. The van der Waals surface area contributed by atoms with Crippen LogP contribution in [0.25, 0.3) is 0 Å². The Morgan fingerprint density at radius 2 is 1.61 bits per heavy atom. The van der Waals surface area contributed by atoms with Gasteiger partial charge in [-0.2, -0.15) is 0 Å². The molecule has 1 aliphatic heterocycles. The van der Waals surface area contributed by atoms with E-state index in [2.05, 4.69) is 4.74 Å². The van der Waals surface area contributed by atoms with E-state index in [1.807, 2.05) is 6.08 Å². The minimum absolute atomic E-state index is 0.308. The lowest BCUT2D eigenvalue weighted by Gasteiger charge is -2.24. The number of hydrogen-bond acceptors (Lipinski definition) is 5. The van der Waals surface area contributed by atoms with Crippen molar-refractivity contribution in [2.75, 3.05) is 7.11 Å². The highest BCUT2D eigenvalue weighted by Crippen LogP contribution is 2.34. The molecule has 31 heavy (non-hydrogen) atoms. The number of halogens is 2. The fraction of sp³-hybridized carbons (Fsp3) is 0.250. The van der Waals surface area contributed by atoms with Crippen LogP contribution in [0.4, 0.5) is 8.78 Å². The molecule has 0 radical (unpaired) electrons. The summed E-state index contributed by atoms with van der Waals surface area (Å²) < 4.78 is 36.9. The molecule has 0 saturated heterocycles. The summed E-state index contributed by atoms with van der Waals surface area (Å²) in [5.41, 5.74) is 1.29. The summed E-state index contributed by atoms with van der Waals surface area (Å²) in [5, 5.41) is 9.76. The molecule has 2 aromatic carbocycles. The van der Waals surface area contributed by atoms with Crippen molar-refractivity contribution in [1.29, 1.82) is 0 Å². The molecule has 0 fully saturated rings. The minimum Gasteiger partial charge on any atom is -0.502 e. The van der Waals surface area contributed by atoms with Crippen LogP contribution in [0.5, 0.6) is 0 Å². The van der Waals surface area contributed by atoms with Crippen molar-refractivity contribution >= 4 is 11.8 Å². The Morgan fingerprint density at radius 3 is 2.16 bits per heavy atom. The third-order valence-electron chi connectivity index (χ3n) is 4.94. The minimum atomic E-state index is -1.05. The second-order valence-electron chi connectivity index (χ2n) is 7.56. The van der Waals surface area contributed by atoms with Crippen molar-refractivity contribution in [1.82, 2.24) is 0 Å². The number of methoxy groups -OCH3 is 1. The standard InChI is InChI=1S/C24H22F2O5/c1-24(13-16-5-9-19(26)10-6-16)14-17(11-15-3-7-18(25)8-4-15)22(31-24)20(27)12-21(28)23(29)30-2/h3-10,12,14,22,28H,11,13H2,1-2H3/b21-12-. The van der Waals surface area contributed by atoms with Crippen molar-refractivity contribution in [3.05, 3.63) is 94.8 Å². The zero-order valence-corrected chi connectivity index (χ0v) is 17.1. The highest BCUT2D eigenvalue weighted by Gasteiger charge is 2.39. The summed E-state index contributed by atoms with van der Waals surface area (Å²) in [6, 6.07) is 11.8. The molecule has 5 nitrogen and oxygen atoms in total. The van der Waals surface area contributed by atoms with E-state index in [9.17, 15) is 23.5 Å². The largest absolute Gasteiger partial charge is 0.502 e. The van der Waals surface area contributed by atoms with Crippen LogP contribution in [0.1, 0.15) is 18.1 Å². The first kappa shape index (κ1) is 22.4. The van der Waals surface area contributed by atoms with E-state index in [0.29, 0.717) is 18.4 Å². The monoisotopic (exact) mass is 428 g/mol. The predicted octanol–water partition coefficient (Wildman–Crippen LogP) is 4.02. The summed E-state index contributed by atoms with van der Waals surface area (Å²) in [6.07, 6.45) is 2.21. The van der Waals surface area contributed by atoms with E-state index in [4.69, 9.17) is 4.74 Å². The maximum Gasteiger partial charge on any atom is 0.373 e. The summed E-state index contributed by atoms with van der Waals surface area (Å²) in [7, 11) is 1.09. The molecule has 0 aliphatic carbocycles. The second-order valence-corrected chi connectivity index (χ2v) is 7.56. The summed E-state index contributed by atoms with van der Waals surface area (Å²) in [4.78, 5) is 24.2. The van der Waals surface area contributed by atoms with Crippen LogP contribution in [-0.2, 0) is 31.9 Å². The Balaban J connectivity index is 1.89. The number of ether oxygens (including phenoxy) is 2. The van der Waals surface area contributed by atoms with Crippen molar-refractivity contribution < 1.29 is 33.0 Å². The lowest BCUT2D eigenvalue weighted by atomic mass is 9.93. The Hall–Kier alpha value is -3.32. The van der Waals surface area contributed by atoms with E-state index >= 15 is 0 Å². The summed E-state index contributed by atoms with van der Waals surface area (Å²) in [6.45, 7) is 1.79. The number of aliphatic hydroxyl groups is 1. The topological polar surface area (TPSA) is 72.8 Å². The predicted molar refractivity (Wildman–Crippen MR) is 109 cm³/mol. The zero-order chi connectivity index (χ0) is 22.6. The van der Waals surface area contributed by atoms with Crippen LogP contribution in [0, 0.1) is 11.6 Å². The van der Waals surface area contributed by atoms with Gasteiger partial charge in [0.05, 0.1) is 12.7 Å². The number of hydrogen-bond donors (Lipinski definition) is 1. The number of esters is 1. The van der Waals surface area contributed by atoms with Gasteiger partial charge in [0.1, 0.15) is 17.7 Å². The molecule has 1 aliphatic rings. The van der Waals surface area contributed by atoms with Gasteiger partial charge in [-0.15, -0.1) is 0 Å². The van der Waals surface area contributed by atoms with Gasteiger partial charge in [-0.25, -0.2) is 13.6 Å². The lowest BCUT2D eigenvalue weighted by Crippen LogP contribution is -2.32. The van der Waals surface area contributed by atoms with Gasteiger partial charge in [-0.3, -0.25) is 4.79 Å². The van der Waals surface area contributed by atoms with Gasteiger partial charge in [0.15, 0.2) is 5.78 Å². The lowest BCUT2D eigenvalue weighted by molar-refractivity contribution is -0.139. The van der Waals surface area contributed by atoms with Gasteiger partial charge in [-0.1, -0.05) is 30.3 Å². The molecule has 2 unspecified atom stereocenters. The third kappa shape index (κ3) is 5.64. The van der Waals surface area contributed by atoms with E-state index in [1.165, 1.54) is 24.3 Å². The molecule has 0 saturated carbocycles. The highest BCUT2D eigenvalue weighted by atomic mass is 19.1. The van der Waals surface area contributed by atoms with Crippen LogP contribution in [0.2, 0.25) is 0 Å². The summed E-state index contributed by atoms with van der Waals surface area (Å²) in [5.74, 6) is -3.22. The molecule has 1 N–H and O–H groups in total. The second kappa shape index (κ2) is 9.22. The van der Waals surface area contributed by atoms with Gasteiger partial charge in [0.25, 0.3) is 0 Å². The SMILES string of the molecule is COC(=O)/C(O)=C/C(=O)C1OC(C)(Cc2ccc(F)cc2)C=C1Cc1ccc(F)cc1. The number of carbonyl (C=O) groups excluding carboxylic acids is 2. The molecule has 7 heteroatoms. The van der Waals surface area contributed by atoms with Crippen LogP contribution in [0.3, 0.4) is 0 Å². The number of rotatable bonds is 7. The highest BCUT2D eigenvalue weighted by molar-refractivity contribution is 6.01. The van der Waals surface area contributed by atoms with Crippen molar-refractivity contribution in [2.24, 2.45) is 0 Å². The number of benzene rings is 2. The molecule has 1 heterocycles. The molecule has 0 aromatic heterocycles. The number of carbonyl (C=O) groups is 2. The average molecular weight is 428 g/mol. The Morgan fingerprint density at radius 1 is 1.06 bits per heavy atom. The van der Waals surface area contributed by atoms with Crippen LogP contribution >= 0.6 is 0 Å². The van der Waals surface area contributed by atoms with Crippen molar-refractivity contribution in [3.8, 4) is 0 Å². The van der Waals surface area contributed by atoms with E-state index in [1.54, 1.807) is 31.2 Å². The molecule has 162 valence electrons. The Labute approximate surface area is 178 Å². The fourth-order valence-corrected chi connectivity index (χ4v) is 3.54. The molecular weight excluding hydrogens is 406 g/mol. The van der Waals surface area contributed by atoms with Gasteiger partial charge in [0.2, 0.25) is 5.76 Å². The van der Waals surface area contributed by atoms with E-state index in [-0.39, 0.29) is 11.6 Å². The molecule has 3 rings (SSSR count). The fourth-order valence-electron chi connectivity index (χ4n) is 3.54. The Bertz CT molecular complexity index is 1020. The molecule has 0 amide bonds. The Kier molecular flexibility index (Phi) is 6.65. The third-order valence-corrected chi connectivity index (χ3v) is 4.94. The van der Waals surface area contributed by atoms with Crippen LogP contribution in [0.15, 0.2) is 72.0 Å². The van der Waals surface area contributed by atoms with Gasteiger partial charge < -0.3 is 14.6 Å². The van der Waals surface area contributed by atoms with Gasteiger partial charge in [0, 0.05) is 12.5 Å². The van der Waals surface area contributed by atoms with Crippen molar-refractivity contribution in [3.63, 3.8) is 0 Å². The molecule has 0 bridgehead atoms. The van der Waals surface area contributed by atoms with Gasteiger partial charge >= 0.3 is 5.97 Å². The maximum absolute atomic E-state index is 13.3. The van der Waals surface area contributed by atoms with Crippen LogP contribution in [-0.4, -0.2) is 35.7 Å². The summed E-state index contributed by atoms with van der Waals surface area (Å²) >= 11 is 0. The number of ketones is 1. The zero-order valence-electron chi connectivity index (χ0n) is 17.1. The molecule has 0 spiro atoms. The van der Waals surface area contributed by atoms with E-state index in [0.717, 1.165) is 24.3 Å². The van der Waals surface area contributed by atoms with Gasteiger partial charge in [-0.05, 0) is 54.3 Å². The molecular formula is C24H22F2O5. The molecule has 2 atom stereocenters. The van der Waals surface area contributed by atoms with E-state index < -0.39 is 29.2 Å². The normalized spacial score (nSPS) is 21.0. The maximum atomic E-state index is 13.3. The first-order valence-corrected chi connectivity index (χ1v) is 9.60. The smallest absolute Gasteiger partial charge is 0.373 e. The molecule has 2 aromatic rings. The number of aliphatic hydroxyl groups excluding tert-OH is 1. The first-order chi connectivity index (χ1) is 14.7. The first-order valence-electron chi connectivity index (χ1n) is 9.60. The van der Waals surface area contributed by atoms with Crippen molar-refractivity contribution in [2.45, 2.75) is 31.5 Å².